The molecule has 18 heavy (non-hydrogen) atoms. The summed E-state index contributed by atoms with van der Waals surface area (Å²) in [6, 6.07) is 0.391. The highest BCUT2D eigenvalue weighted by Crippen LogP contribution is 2.26. The summed E-state index contributed by atoms with van der Waals surface area (Å²) in [6.45, 7) is 9.31. The molecule has 0 aromatic carbocycles. The largest absolute Gasteiger partial charge is 0.314 e. The molecule has 1 N–H and O–H groups in total. The fraction of sp³-hybridized carbons (Fsp3) is 0.769. The molecular formula is C13H25ClN4. The van der Waals surface area contributed by atoms with E-state index in [2.05, 4.69) is 50.2 Å². The molecule has 0 spiro atoms. The number of nitrogens with one attached hydrogen (secondary N) is 1. The first-order valence-electron chi connectivity index (χ1n) is 6.56. The van der Waals surface area contributed by atoms with Crippen molar-refractivity contribution in [3.8, 4) is 0 Å². The molecule has 0 aliphatic rings. The Kier molecular flexibility index (Phi) is 6.12. The predicted octanol–water partition coefficient (Wildman–Crippen LogP) is 2.20. The van der Waals surface area contributed by atoms with Gasteiger partial charge in [-0.1, -0.05) is 25.4 Å². The highest BCUT2D eigenvalue weighted by Gasteiger charge is 2.21. The van der Waals surface area contributed by atoms with Crippen LogP contribution in [0.1, 0.15) is 32.4 Å². The van der Waals surface area contributed by atoms with E-state index in [-0.39, 0.29) is 0 Å². The van der Waals surface area contributed by atoms with Gasteiger partial charge in [-0.05, 0) is 27.6 Å². The lowest BCUT2D eigenvalue weighted by Crippen LogP contribution is -2.32. The van der Waals surface area contributed by atoms with Crippen LogP contribution >= 0.6 is 11.6 Å². The van der Waals surface area contributed by atoms with Crippen LogP contribution < -0.4 is 5.32 Å². The maximum Gasteiger partial charge on any atom is 0.0821 e. The Bertz CT molecular complexity index is 362. The molecule has 1 aromatic rings. The van der Waals surface area contributed by atoms with Crippen LogP contribution in [0.4, 0.5) is 0 Å². The number of hydrogen-bond acceptors (Lipinski definition) is 3. The SMILES string of the molecule is CCNC(C)C(C)c1c(Cl)cnn1CCN(C)C. The van der Waals surface area contributed by atoms with Gasteiger partial charge in [0.2, 0.25) is 0 Å². The van der Waals surface area contributed by atoms with Crippen molar-refractivity contribution in [1.29, 1.82) is 0 Å². The minimum absolute atomic E-state index is 0.349. The molecule has 4 nitrogen and oxygen atoms in total. The summed E-state index contributed by atoms with van der Waals surface area (Å²) >= 11 is 6.27. The zero-order chi connectivity index (χ0) is 13.7. The molecule has 0 aliphatic carbocycles. The van der Waals surface area contributed by atoms with Crippen LogP contribution in [0.5, 0.6) is 0 Å². The van der Waals surface area contributed by atoms with Gasteiger partial charge in [0.15, 0.2) is 0 Å². The Morgan fingerprint density at radius 1 is 1.44 bits per heavy atom. The monoisotopic (exact) mass is 272 g/mol. The van der Waals surface area contributed by atoms with Crippen LogP contribution in [-0.4, -0.2) is 47.9 Å². The molecule has 2 atom stereocenters. The van der Waals surface area contributed by atoms with E-state index in [0.717, 1.165) is 30.4 Å². The molecule has 0 radical (unpaired) electrons. The van der Waals surface area contributed by atoms with Crippen LogP contribution in [0.3, 0.4) is 0 Å². The second kappa shape index (κ2) is 7.12. The molecule has 0 fully saturated rings. The van der Waals surface area contributed by atoms with Crippen molar-refractivity contribution in [2.75, 3.05) is 27.2 Å². The Balaban J connectivity index is 2.82. The lowest BCUT2D eigenvalue weighted by atomic mass is 9.99. The Morgan fingerprint density at radius 2 is 2.11 bits per heavy atom. The van der Waals surface area contributed by atoms with Gasteiger partial charge in [-0.2, -0.15) is 5.10 Å². The zero-order valence-electron chi connectivity index (χ0n) is 12.1. The van der Waals surface area contributed by atoms with E-state index in [1.807, 2.05) is 4.68 Å². The first kappa shape index (κ1) is 15.5. The summed E-state index contributed by atoms with van der Waals surface area (Å²) in [5.74, 6) is 0.349. The van der Waals surface area contributed by atoms with Crippen LogP contribution in [0.25, 0.3) is 0 Å². The summed E-state index contributed by atoms with van der Waals surface area (Å²) in [5.41, 5.74) is 1.13. The van der Waals surface area contributed by atoms with Gasteiger partial charge >= 0.3 is 0 Å². The number of nitrogens with zero attached hydrogens (tertiary/aromatic N) is 3. The van der Waals surface area contributed by atoms with Gasteiger partial charge in [0.1, 0.15) is 0 Å². The average Bonchev–Trinajstić information content (AvgIpc) is 2.67. The van der Waals surface area contributed by atoms with E-state index in [1.165, 1.54) is 0 Å². The second-order valence-electron chi connectivity index (χ2n) is 5.04. The molecule has 0 saturated carbocycles. The van der Waals surface area contributed by atoms with Crippen LogP contribution in [-0.2, 0) is 6.54 Å². The quantitative estimate of drug-likeness (QED) is 0.826. The van der Waals surface area contributed by atoms with E-state index < -0.39 is 0 Å². The van der Waals surface area contributed by atoms with Crippen molar-refractivity contribution < 1.29 is 0 Å². The number of likely N-dealkylation sites (N-methyl/N-ethyl adjacent to an activating group) is 2. The molecule has 0 bridgehead atoms. The molecule has 1 rings (SSSR count). The highest BCUT2D eigenvalue weighted by molar-refractivity contribution is 6.31. The highest BCUT2D eigenvalue weighted by atomic mass is 35.5. The molecular weight excluding hydrogens is 248 g/mol. The van der Waals surface area contributed by atoms with Crippen LogP contribution in [0.15, 0.2) is 6.20 Å². The molecule has 0 amide bonds. The normalized spacial score (nSPS) is 15.1. The lowest BCUT2D eigenvalue weighted by Gasteiger charge is -2.23. The summed E-state index contributed by atoms with van der Waals surface area (Å²) in [6.07, 6.45) is 1.75. The van der Waals surface area contributed by atoms with E-state index >= 15 is 0 Å². The fourth-order valence-electron chi connectivity index (χ4n) is 2.03. The van der Waals surface area contributed by atoms with Gasteiger partial charge in [-0.3, -0.25) is 4.68 Å². The van der Waals surface area contributed by atoms with E-state index in [0.29, 0.717) is 12.0 Å². The van der Waals surface area contributed by atoms with Crippen LogP contribution in [0.2, 0.25) is 5.02 Å². The van der Waals surface area contributed by atoms with Gasteiger partial charge in [-0.15, -0.1) is 0 Å². The van der Waals surface area contributed by atoms with Crippen molar-refractivity contribution in [1.82, 2.24) is 20.0 Å². The van der Waals surface area contributed by atoms with Gasteiger partial charge in [0.05, 0.1) is 23.5 Å². The number of aromatic nitrogens is 2. The third-order valence-corrected chi connectivity index (χ3v) is 3.59. The van der Waals surface area contributed by atoms with E-state index in [1.54, 1.807) is 6.20 Å². The third kappa shape index (κ3) is 3.97. The van der Waals surface area contributed by atoms with Crippen molar-refractivity contribution >= 4 is 11.6 Å². The van der Waals surface area contributed by atoms with Crippen molar-refractivity contribution in [3.05, 3.63) is 16.9 Å². The molecule has 5 heteroatoms. The minimum Gasteiger partial charge on any atom is -0.314 e. The summed E-state index contributed by atoms with van der Waals surface area (Å²) < 4.78 is 2.03. The van der Waals surface area contributed by atoms with Crippen molar-refractivity contribution in [2.24, 2.45) is 0 Å². The van der Waals surface area contributed by atoms with Gasteiger partial charge in [-0.25, -0.2) is 0 Å². The maximum atomic E-state index is 6.27. The molecule has 104 valence electrons. The van der Waals surface area contributed by atoms with E-state index in [4.69, 9.17) is 11.6 Å². The van der Waals surface area contributed by atoms with Crippen LogP contribution in [0, 0.1) is 0 Å². The maximum absolute atomic E-state index is 6.27. The van der Waals surface area contributed by atoms with Gasteiger partial charge in [0, 0.05) is 18.5 Å². The standard InChI is InChI=1S/C13H25ClN4/c1-6-15-11(3)10(2)13-12(14)9-16-18(13)8-7-17(4)5/h9-11,15H,6-8H2,1-5H3. The van der Waals surface area contributed by atoms with Crippen molar-refractivity contribution in [2.45, 2.75) is 39.3 Å². The Hall–Kier alpha value is -0.580. The second-order valence-corrected chi connectivity index (χ2v) is 5.45. The first-order valence-corrected chi connectivity index (χ1v) is 6.94. The number of halogens is 1. The first-order chi connectivity index (χ1) is 8.47. The van der Waals surface area contributed by atoms with E-state index in [9.17, 15) is 0 Å². The molecule has 1 aromatic heterocycles. The van der Waals surface area contributed by atoms with Crippen molar-refractivity contribution in [3.63, 3.8) is 0 Å². The molecule has 0 saturated heterocycles. The topological polar surface area (TPSA) is 33.1 Å². The predicted molar refractivity (Wildman–Crippen MR) is 77.3 cm³/mol. The van der Waals surface area contributed by atoms with Gasteiger partial charge < -0.3 is 10.2 Å². The Morgan fingerprint density at radius 3 is 2.67 bits per heavy atom. The summed E-state index contributed by atoms with van der Waals surface area (Å²) in [4.78, 5) is 2.15. The third-order valence-electron chi connectivity index (χ3n) is 3.30. The molecule has 1 heterocycles. The summed E-state index contributed by atoms with van der Waals surface area (Å²) in [5, 5.41) is 8.59. The molecule has 2 unspecified atom stereocenters. The average molecular weight is 273 g/mol. The Labute approximate surface area is 115 Å². The number of hydrogen-bond donors (Lipinski definition) is 1. The molecule has 0 aliphatic heterocycles. The zero-order valence-corrected chi connectivity index (χ0v) is 12.8. The lowest BCUT2D eigenvalue weighted by molar-refractivity contribution is 0.362. The smallest absolute Gasteiger partial charge is 0.0821 e. The fourth-order valence-corrected chi connectivity index (χ4v) is 2.35. The summed E-state index contributed by atoms with van der Waals surface area (Å²) in [7, 11) is 4.13. The minimum atomic E-state index is 0.349. The number of rotatable bonds is 7. The van der Waals surface area contributed by atoms with Gasteiger partial charge in [0.25, 0.3) is 0 Å².